The second-order valence-electron chi connectivity index (χ2n) is 6.09. The molecule has 1 unspecified atom stereocenters. The molecule has 0 saturated carbocycles. The third kappa shape index (κ3) is 5.24. The predicted molar refractivity (Wildman–Crippen MR) is 92.5 cm³/mol. The first-order valence-electron chi connectivity index (χ1n) is 7.89. The van der Waals surface area contributed by atoms with Gasteiger partial charge < -0.3 is 15.0 Å². The van der Waals surface area contributed by atoms with Crippen LogP contribution in [0.1, 0.15) is 58.0 Å². The normalized spacial score (nSPS) is 13.2. The Hall–Kier alpha value is -0.650. The lowest BCUT2D eigenvalue weighted by atomic mass is 10.1. The monoisotopic (exact) mass is 313 g/mol. The molecule has 0 aliphatic carbocycles. The maximum Gasteiger partial charge on any atom is 0.186 e. The molecule has 0 amide bonds. The number of nitrogens with one attached hydrogen (secondary N) is 1. The topological polar surface area (TPSA) is 37.4 Å². The van der Waals surface area contributed by atoms with E-state index in [-0.39, 0.29) is 0 Å². The number of hydrogen-bond acceptors (Lipinski definition) is 5. The molecule has 5 heteroatoms. The molecule has 0 bridgehead atoms. The minimum atomic E-state index is 0.345. The highest BCUT2D eigenvalue weighted by molar-refractivity contribution is 7.15. The van der Waals surface area contributed by atoms with Crippen LogP contribution in [0.3, 0.4) is 0 Å². The first-order valence-corrected chi connectivity index (χ1v) is 8.70. The molecule has 1 rings (SSSR count). The summed E-state index contributed by atoms with van der Waals surface area (Å²) in [6, 6.07) is 0.835. The Bertz CT molecular complexity index is 418. The number of nitrogens with zero attached hydrogens (tertiary/aromatic N) is 2. The van der Waals surface area contributed by atoms with Crippen molar-refractivity contribution < 1.29 is 4.74 Å². The van der Waals surface area contributed by atoms with E-state index < -0.39 is 0 Å². The molecule has 1 atom stereocenters. The van der Waals surface area contributed by atoms with Crippen LogP contribution in [0.4, 0.5) is 5.13 Å². The minimum Gasteiger partial charge on any atom is -0.383 e. The van der Waals surface area contributed by atoms with E-state index in [0.717, 1.165) is 24.8 Å². The summed E-state index contributed by atoms with van der Waals surface area (Å²) in [6.45, 7) is 15.7. The van der Waals surface area contributed by atoms with Crippen molar-refractivity contribution in [3.8, 4) is 0 Å². The van der Waals surface area contributed by atoms with Crippen LogP contribution in [0.5, 0.6) is 0 Å². The first-order chi connectivity index (χ1) is 9.90. The van der Waals surface area contributed by atoms with Crippen LogP contribution in [-0.2, 0) is 11.3 Å². The summed E-state index contributed by atoms with van der Waals surface area (Å²) in [7, 11) is 1.75. The summed E-state index contributed by atoms with van der Waals surface area (Å²) < 4.78 is 5.29. The van der Waals surface area contributed by atoms with Gasteiger partial charge in [-0.15, -0.1) is 11.3 Å². The predicted octanol–water partition coefficient (Wildman–Crippen LogP) is 3.63. The van der Waals surface area contributed by atoms with Crippen LogP contribution in [-0.4, -0.2) is 37.3 Å². The van der Waals surface area contributed by atoms with Gasteiger partial charge in [0.1, 0.15) is 0 Å². The van der Waals surface area contributed by atoms with Crippen molar-refractivity contribution in [1.82, 2.24) is 10.3 Å². The molecule has 1 heterocycles. The zero-order chi connectivity index (χ0) is 16.0. The molecule has 1 N–H and O–H groups in total. The maximum absolute atomic E-state index is 5.29. The molecule has 1 aromatic heterocycles. The number of rotatable bonds is 9. The molecule has 0 fully saturated rings. The number of methoxy groups -OCH3 is 1. The Balaban J connectivity index is 2.98. The fraction of sp³-hybridized carbons (Fsp3) is 0.812. The van der Waals surface area contributed by atoms with Gasteiger partial charge in [-0.25, -0.2) is 4.98 Å². The number of ether oxygens (including phenoxy) is 1. The largest absolute Gasteiger partial charge is 0.383 e. The highest BCUT2D eigenvalue weighted by atomic mass is 32.1. The Labute approximate surface area is 133 Å². The molecule has 0 aliphatic rings. The number of likely N-dealkylation sites (N-methyl/N-ethyl adjacent to an activating group) is 1. The average molecular weight is 314 g/mol. The third-order valence-electron chi connectivity index (χ3n) is 3.46. The number of thiazole rings is 1. The van der Waals surface area contributed by atoms with Crippen LogP contribution in [0.15, 0.2) is 0 Å². The molecular weight excluding hydrogens is 282 g/mol. The number of anilines is 1. The van der Waals surface area contributed by atoms with Gasteiger partial charge in [-0.1, -0.05) is 27.7 Å². The van der Waals surface area contributed by atoms with Crippen molar-refractivity contribution in [1.29, 1.82) is 0 Å². The van der Waals surface area contributed by atoms with Crippen LogP contribution >= 0.6 is 11.3 Å². The highest BCUT2D eigenvalue weighted by Crippen LogP contribution is 2.31. The standard InChI is InChI=1S/C16H31N3OS/c1-8-19(13(6)10-20-7)16-18-15(11(2)3)14(21-16)9-17-12(4)5/h11-13,17H,8-10H2,1-7H3. The van der Waals surface area contributed by atoms with Crippen molar-refractivity contribution >= 4 is 16.5 Å². The van der Waals surface area contributed by atoms with Crippen LogP contribution < -0.4 is 10.2 Å². The van der Waals surface area contributed by atoms with Crippen LogP contribution in [0, 0.1) is 0 Å². The zero-order valence-corrected chi connectivity index (χ0v) is 15.4. The Morgan fingerprint density at radius 2 is 1.90 bits per heavy atom. The zero-order valence-electron chi connectivity index (χ0n) is 14.6. The van der Waals surface area contributed by atoms with E-state index in [1.54, 1.807) is 7.11 Å². The minimum absolute atomic E-state index is 0.345. The second-order valence-corrected chi connectivity index (χ2v) is 7.15. The third-order valence-corrected chi connectivity index (χ3v) is 4.57. The van der Waals surface area contributed by atoms with Crippen molar-refractivity contribution in [3.05, 3.63) is 10.6 Å². The molecule has 122 valence electrons. The van der Waals surface area contributed by atoms with E-state index in [2.05, 4.69) is 51.8 Å². The molecule has 21 heavy (non-hydrogen) atoms. The number of hydrogen-bond donors (Lipinski definition) is 1. The molecule has 0 radical (unpaired) electrons. The van der Waals surface area contributed by atoms with Gasteiger partial charge in [-0.3, -0.25) is 0 Å². The quantitative estimate of drug-likeness (QED) is 0.755. The van der Waals surface area contributed by atoms with Crippen molar-refractivity contribution in [2.24, 2.45) is 0 Å². The van der Waals surface area contributed by atoms with Crippen LogP contribution in [0.25, 0.3) is 0 Å². The van der Waals surface area contributed by atoms with Gasteiger partial charge in [0.25, 0.3) is 0 Å². The average Bonchev–Trinajstić information content (AvgIpc) is 2.81. The molecule has 4 nitrogen and oxygen atoms in total. The fourth-order valence-electron chi connectivity index (χ4n) is 2.31. The molecule has 0 saturated heterocycles. The summed E-state index contributed by atoms with van der Waals surface area (Å²) in [5.41, 5.74) is 1.23. The Morgan fingerprint density at radius 1 is 1.24 bits per heavy atom. The number of aromatic nitrogens is 1. The van der Waals surface area contributed by atoms with E-state index in [4.69, 9.17) is 9.72 Å². The van der Waals surface area contributed by atoms with E-state index in [1.807, 2.05) is 11.3 Å². The summed E-state index contributed by atoms with van der Waals surface area (Å²) >= 11 is 1.81. The van der Waals surface area contributed by atoms with E-state index >= 15 is 0 Å². The lowest BCUT2D eigenvalue weighted by molar-refractivity contribution is 0.182. The molecule has 0 spiro atoms. The van der Waals surface area contributed by atoms with Crippen molar-refractivity contribution in [2.45, 2.75) is 66.1 Å². The highest BCUT2D eigenvalue weighted by Gasteiger charge is 2.20. The van der Waals surface area contributed by atoms with Gasteiger partial charge in [-0.05, 0) is 19.8 Å². The molecular formula is C16H31N3OS. The lowest BCUT2D eigenvalue weighted by Crippen LogP contribution is -2.36. The SMILES string of the molecule is CCN(c1nc(C(C)C)c(CNC(C)C)s1)C(C)COC. The van der Waals surface area contributed by atoms with Crippen LogP contribution in [0.2, 0.25) is 0 Å². The first kappa shape index (κ1) is 18.4. The van der Waals surface area contributed by atoms with Gasteiger partial charge >= 0.3 is 0 Å². The maximum atomic E-state index is 5.29. The van der Waals surface area contributed by atoms with Gasteiger partial charge in [0.2, 0.25) is 0 Å². The summed E-state index contributed by atoms with van der Waals surface area (Å²) in [6.07, 6.45) is 0. The van der Waals surface area contributed by atoms with E-state index in [9.17, 15) is 0 Å². The van der Waals surface area contributed by atoms with E-state index in [0.29, 0.717) is 18.0 Å². The van der Waals surface area contributed by atoms with Gasteiger partial charge in [0, 0.05) is 31.1 Å². The van der Waals surface area contributed by atoms with Crippen molar-refractivity contribution in [3.63, 3.8) is 0 Å². The Morgan fingerprint density at radius 3 is 2.38 bits per heavy atom. The molecule has 0 aromatic carbocycles. The van der Waals surface area contributed by atoms with Gasteiger partial charge in [0.05, 0.1) is 18.3 Å². The lowest BCUT2D eigenvalue weighted by Gasteiger charge is -2.26. The van der Waals surface area contributed by atoms with E-state index in [1.165, 1.54) is 10.6 Å². The summed E-state index contributed by atoms with van der Waals surface area (Å²) in [5.74, 6) is 0.454. The molecule has 1 aromatic rings. The summed E-state index contributed by atoms with van der Waals surface area (Å²) in [4.78, 5) is 8.60. The molecule has 0 aliphatic heterocycles. The van der Waals surface area contributed by atoms with Crippen molar-refractivity contribution in [2.75, 3.05) is 25.2 Å². The second kappa shape index (κ2) is 8.71. The smallest absolute Gasteiger partial charge is 0.186 e. The fourth-order valence-corrected chi connectivity index (χ4v) is 3.65. The Kier molecular flexibility index (Phi) is 7.63. The van der Waals surface area contributed by atoms with Gasteiger partial charge in [-0.2, -0.15) is 0 Å². The summed E-state index contributed by atoms with van der Waals surface area (Å²) in [5, 5.41) is 4.63. The van der Waals surface area contributed by atoms with Gasteiger partial charge in [0.15, 0.2) is 5.13 Å².